The molecule has 1 saturated heterocycles. The normalized spacial score (nSPS) is 21.3. The van der Waals surface area contributed by atoms with E-state index < -0.39 is 5.38 Å². The zero-order chi connectivity index (χ0) is 13.8. The number of likely N-dealkylation sites (N-methyl/N-ethyl adjacent to an activating group) is 1. The van der Waals surface area contributed by atoms with Crippen molar-refractivity contribution >= 4 is 17.5 Å². The van der Waals surface area contributed by atoms with Crippen LogP contribution in [0.4, 0.5) is 0 Å². The van der Waals surface area contributed by atoms with Crippen molar-refractivity contribution < 1.29 is 4.79 Å². The van der Waals surface area contributed by atoms with Crippen LogP contribution in [-0.2, 0) is 4.79 Å². The van der Waals surface area contributed by atoms with Gasteiger partial charge in [0.1, 0.15) is 5.38 Å². The van der Waals surface area contributed by atoms with Crippen LogP contribution < -0.4 is 0 Å². The topological polar surface area (TPSA) is 23.6 Å². The number of benzene rings is 1. The molecule has 0 radical (unpaired) electrons. The van der Waals surface area contributed by atoms with Crippen LogP contribution >= 0.6 is 11.6 Å². The number of rotatable bonds is 4. The van der Waals surface area contributed by atoms with Crippen LogP contribution in [0.25, 0.3) is 0 Å². The molecule has 104 valence electrons. The summed E-state index contributed by atoms with van der Waals surface area (Å²) >= 11 is 6.26. The maximum absolute atomic E-state index is 12.3. The highest BCUT2D eigenvalue weighted by Crippen LogP contribution is 2.23. The van der Waals surface area contributed by atoms with Crippen molar-refractivity contribution in [2.45, 2.75) is 11.8 Å². The molecule has 3 nitrogen and oxygen atoms in total. The third-order valence-corrected chi connectivity index (χ3v) is 4.14. The van der Waals surface area contributed by atoms with Crippen molar-refractivity contribution in [2.75, 3.05) is 33.7 Å². The van der Waals surface area contributed by atoms with Crippen molar-refractivity contribution in [1.29, 1.82) is 0 Å². The van der Waals surface area contributed by atoms with Crippen molar-refractivity contribution in [3.8, 4) is 0 Å². The molecular weight excluding hydrogens is 260 g/mol. The number of amides is 1. The average Bonchev–Trinajstić information content (AvgIpc) is 2.83. The SMILES string of the molecule is CN1CCC(CN(C)C(=O)C(Cl)c2ccccc2)C1. The van der Waals surface area contributed by atoms with E-state index in [4.69, 9.17) is 11.6 Å². The maximum Gasteiger partial charge on any atom is 0.244 e. The molecule has 1 aromatic rings. The molecule has 0 aliphatic carbocycles. The fourth-order valence-electron chi connectivity index (χ4n) is 2.61. The van der Waals surface area contributed by atoms with E-state index in [1.54, 1.807) is 4.90 Å². The van der Waals surface area contributed by atoms with E-state index in [9.17, 15) is 4.79 Å². The van der Waals surface area contributed by atoms with Gasteiger partial charge in [-0.05, 0) is 31.5 Å². The molecule has 1 heterocycles. The largest absolute Gasteiger partial charge is 0.344 e. The molecule has 1 fully saturated rings. The Morgan fingerprint density at radius 1 is 1.47 bits per heavy atom. The van der Waals surface area contributed by atoms with Gasteiger partial charge in [-0.3, -0.25) is 4.79 Å². The lowest BCUT2D eigenvalue weighted by Gasteiger charge is -2.23. The second-order valence-corrected chi connectivity index (χ2v) is 5.85. The Morgan fingerprint density at radius 2 is 2.16 bits per heavy atom. The Bertz CT molecular complexity index is 423. The number of halogens is 1. The van der Waals surface area contributed by atoms with Gasteiger partial charge in [0.05, 0.1) is 0 Å². The summed E-state index contributed by atoms with van der Waals surface area (Å²) in [5.74, 6) is 0.556. The Hall–Kier alpha value is -1.06. The summed E-state index contributed by atoms with van der Waals surface area (Å²) < 4.78 is 0. The summed E-state index contributed by atoms with van der Waals surface area (Å²) in [5.41, 5.74) is 0.865. The van der Waals surface area contributed by atoms with Crippen molar-refractivity contribution in [3.63, 3.8) is 0 Å². The van der Waals surface area contributed by atoms with Crippen LogP contribution in [0, 0.1) is 5.92 Å². The highest BCUT2D eigenvalue weighted by molar-refractivity contribution is 6.30. The summed E-state index contributed by atoms with van der Waals surface area (Å²) in [6.07, 6.45) is 1.16. The Labute approximate surface area is 120 Å². The van der Waals surface area contributed by atoms with Crippen LogP contribution in [0.3, 0.4) is 0 Å². The molecule has 2 rings (SSSR count). The van der Waals surface area contributed by atoms with E-state index >= 15 is 0 Å². The molecule has 1 aliphatic heterocycles. The van der Waals surface area contributed by atoms with Gasteiger partial charge in [0.25, 0.3) is 0 Å². The molecule has 1 aliphatic rings. The van der Waals surface area contributed by atoms with E-state index in [-0.39, 0.29) is 5.91 Å². The summed E-state index contributed by atoms with van der Waals surface area (Å²) in [4.78, 5) is 16.4. The number of carbonyl (C=O) groups excluding carboxylic acids is 1. The third kappa shape index (κ3) is 3.71. The molecule has 0 spiro atoms. The Morgan fingerprint density at radius 3 is 2.74 bits per heavy atom. The predicted octanol–water partition coefficient (Wildman–Crippen LogP) is 2.38. The first-order valence-electron chi connectivity index (χ1n) is 6.70. The quantitative estimate of drug-likeness (QED) is 0.791. The maximum atomic E-state index is 12.3. The van der Waals surface area contributed by atoms with Crippen molar-refractivity contribution in [1.82, 2.24) is 9.80 Å². The average molecular weight is 281 g/mol. The lowest BCUT2D eigenvalue weighted by Crippen LogP contribution is -2.34. The molecule has 1 aromatic carbocycles. The standard InChI is InChI=1S/C15H21ClN2O/c1-17-9-8-12(10-17)11-18(2)15(19)14(16)13-6-4-3-5-7-13/h3-7,12,14H,8-11H2,1-2H3. The number of hydrogen-bond donors (Lipinski definition) is 0. The first kappa shape index (κ1) is 14.4. The number of alkyl halides is 1. The fraction of sp³-hybridized carbons (Fsp3) is 0.533. The van der Waals surface area contributed by atoms with Crippen LogP contribution in [0.2, 0.25) is 0 Å². The molecule has 0 saturated carbocycles. The number of likely N-dealkylation sites (tertiary alicyclic amines) is 1. The lowest BCUT2D eigenvalue weighted by molar-refractivity contribution is -0.130. The fourth-order valence-corrected chi connectivity index (χ4v) is 2.92. The van der Waals surface area contributed by atoms with Gasteiger partial charge in [-0.25, -0.2) is 0 Å². The van der Waals surface area contributed by atoms with E-state index in [1.165, 1.54) is 0 Å². The lowest BCUT2D eigenvalue weighted by atomic mass is 10.1. The Balaban J connectivity index is 1.92. The molecule has 0 aromatic heterocycles. The molecule has 4 heteroatoms. The molecule has 0 bridgehead atoms. The Kier molecular flexibility index (Phi) is 4.83. The molecule has 1 amide bonds. The van der Waals surface area contributed by atoms with Gasteiger partial charge >= 0.3 is 0 Å². The van der Waals surface area contributed by atoms with Gasteiger partial charge in [-0.15, -0.1) is 11.6 Å². The number of carbonyl (C=O) groups is 1. The minimum Gasteiger partial charge on any atom is -0.344 e. The van der Waals surface area contributed by atoms with E-state index in [1.807, 2.05) is 37.4 Å². The minimum atomic E-state index is -0.578. The number of nitrogens with zero attached hydrogens (tertiary/aromatic N) is 2. The van der Waals surface area contributed by atoms with Crippen LogP contribution in [0.1, 0.15) is 17.4 Å². The molecular formula is C15H21ClN2O. The molecule has 2 atom stereocenters. The zero-order valence-corrected chi connectivity index (χ0v) is 12.3. The monoisotopic (exact) mass is 280 g/mol. The number of hydrogen-bond acceptors (Lipinski definition) is 2. The van der Waals surface area contributed by atoms with Crippen molar-refractivity contribution in [3.05, 3.63) is 35.9 Å². The van der Waals surface area contributed by atoms with E-state index in [0.717, 1.165) is 31.6 Å². The van der Waals surface area contributed by atoms with Crippen molar-refractivity contribution in [2.24, 2.45) is 5.92 Å². The second-order valence-electron chi connectivity index (χ2n) is 5.41. The van der Waals surface area contributed by atoms with Crippen LogP contribution in [0.15, 0.2) is 30.3 Å². The van der Waals surface area contributed by atoms with E-state index in [0.29, 0.717) is 5.92 Å². The highest BCUT2D eigenvalue weighted by Gasteiger charge is 2.26. The predicted molar refractivity (Wildman–Crippen MR) is 78.3 cm³/mol. The minimum absolute atomic E-state index is 0.0116. The first-order chi connectivity index (χ1) is 9.08. The van der Waals surface area contributed by atoms with Crippen LogP contribution in [-0.4, -0.2) is 49.4 Å². The summed E-state index contributed by atoms with van der Waals surface area (Å²) in [5, 5.41) is -0.578. The molecule has 0 N–H and O–H groups in total. The zero-order valence-electron chi connectivity index (χ0n) is 11.6. The van der Waals surface area contributed by atoms with E-state index in [2.05, 4.69) is 11.9 Å². The molecule has 2 unspecified atom stereocenters. The van der Waals surface area contributed by atoms with Gasteiger partial charge in [0, 0.05) is 20.1 Å². The van der Waals surface area contributed by atoms with Gasteiger partial charge < -0.3 is 9.80 Å². The third-order valence-electron chi connectivity index (χ3n) is 3.71. The highest BCUT2D eigenvalue weighted by atomic mass is 35.5. The van der Waals surface area contributed by atoms with Gasteiger partial charge in [0.15, 0.2) is 0 Å². The first-order valence-corrected chi connectivity index (χ1v) is 7.14. The summed E-state index contributed by atoms with van der Waals surface area (Å²) in [7, 11) is 3.97. The summed E-state index contributed by atoms with van der Waals surface area (Å²) in [6, 6.07) is 9.53. The van der Waals surface area contributed by atoms with Gasteiger partial charge in [-0.1, -0.05) is 30.3 Å². The van der Waals surface area contributed by atoms with Gasteiger partial charge in [-0.2, -0.15) is 0 Å². The molecule has 19 heavy (non-hydrogen) atoms. The second kappa shape index (κ2) is 6.40. The van der Waals surface area contributed by atoms with Crippen LogP contribution in [0.5, 0.6) is 0 Å². The van der Waals surface area contributed by atoms with Gasteiger partial charge in [0.2, 0.25) is 5.91 Å². The smallest absolute Gasteiger partial charge is 0.244 e. The summed E-state index contributed by atoms with van der Waals surface area (Å²) in [6.45, 7) is 2.98.